The van der Waals surface area contributed by atoms with Crippen molar-refractivity contribution in [2.24, 2.45) is 0 Å². The predicted octanol–water partition coefficient (Wildman–Crippen LogP) is 0.817. The number of aromatic carboxylic acids is 1. The van der Waals surface area contributed by atoms with Gasteiger partial charge in [-0.1, -0.05) is 6.42 Å². The molecule has 0 atom stereocenters. The van der Waals surface area contributed by atoms with E-state index in [1.54, 1.807) is 0 Å². The summed E-state index contributed by atoms with van der Waals surface area (Å²) in [6, 6.07) is 0.603. The van der Waals surface area contributed by atoms with Gasteiger partial charge in [0.25, 0.3) is 0 Å². The molecule has 0 amide bonds. The fourth-order valence-corrected chi connectivity index (χ4v) is 1.42. The zero-order valence-electron chi connectivity index (χ0n) is 8.31. The number of carboxylic acids is 1. The van der Waals surface area contributed by atoms with E-state index in [1.165, 1.54) is 31.7 Å². The van der Waals surface area contributed by atoms with E-state index in [2.05, 4.69) is 15.3 Å². The lowest BCUT2D eigenvalue weighted by Crippen LogP contribution is -2.34. The molecular formula is C10H13N3O2. The molecule has 0 spiro atoms. The van der Waals surface area contributed by atoms with Crippen molar-refractivity contribution >= 4 is 5.97 Å². The van der Waals surface area contributed by atoms with Crippen molar-refractivity contribution in [1.82, 2.24) is 15.3 Å². The van der Waals surface area contributed by atoms with E-state index in [-0.39, 0.29) is 5.69 Å². The normalized spacial score (nSPS) is 16.0. The molecule has 1 aromatic rings. The number of hydrogen-bond acceptors (Lipinski definition) is 4. The van der Waals surface area contributed by atoms with Gasteiger partial charge in [0.15, 0.2) is 5.69 Å². The van der Waals surface area contributed by atoms with Crippen molar-refractivity contribution in [3.05, 3.63) is 23.8 Å². The highest BCUT2D eigenvalue weighted by molar-refractivity contribution is 5.84. The number of hydrogen-bond donors (Lipinski definition) is 2. The molecule has 15 heavy (non-hydrogen) atoms. The van der Waals surface area contributed by atoms with E-state index in [0.717, 1.165) is 5.69 Å². The summed E-state index contributed by atoms with van der Waals surface area (Å²) in [5, 5.41) is 12.0. The molecule has 0 radical (unpaired) electrons. The van der Waals surface area contributed by atoms with E-state index in [4.69, 9.17) is 5.11 Å². The molecule has 1 aromatic heterocycles. The van der Waals surface area contributed by atoms with Crippen LogP contribution in [0.3, 0.4) is 0 Å². The van der Waals surface area contributed by atoms with E-state index in [1.807, 2.05) is 0 Å². The second-order valence-electron chi connectivity index (χ2n) is 3.71. The standard InChI is InChI=1S/C10H13N3O2/c14-10(15)9-6-12-8(5-13-9)4-11-7-2-1-3-7/h5-7,11H,1-4H2,(H,14,15). The topological polar surface area (TPSA) is 75.1 Å². The molecule has 1 heterocycles. The maximum atomic E-state index is 10.5. The predicted molar refractivity (Wildman–Crippen MR) is 53.5 cm³/mol. The lowest BCUT2D eigenvalue weighted by atomic mass is 9.93. The van der Waals surface area contributed by atoms with Crippen LogP contribution in [0.25, 0.3) is 0 Å². The first-order valence-electron chi connectivity index (χ1n) is 5.03. The second kappa shape index (κ2) is 4.35. The van der Waals surface area contributed by atoms with Gasteiger partial charge in [0.1, 0.15) is 0 Å². The Labute approximate surface area is 87.6 Å². The number of carbonyl (C=O) groups is 1. The lowest BCUT2D eigenvalue weighted by molar-refractivity contribution is 0.0690. The molecule has 2 rings (SSSR count). The zero-order valence-corrected chi connectivity index (χ0v) is 8.31. The maximum Gasteiger partial charge on any atom is 0.356 e. The Hall–Kier alpha value is -1.49. The number of aromatic nitrogens is 2. The molecular weight excluding hydrogens is 194 g/mol. The largest absolute Gasteiger partial charge is 0.476 e. The Morgan fingerprint density at radius 1 is 1.47 bits per heavy atom. The number of rotatable bonds is 4. The molecule has 1 aliphatic carbocycles. The fraction of sp³-hybridized carbons (Fsp3) is 0.500. The van der Waals surface area contributed by atoms with Crippen molar-refractivity contribution in [1.29, 1.82) is 0 Å². The summed E-state index contributed by atoms with van der Waals surface area (Å²) in [6.45, 7) is 0.664. The minimum atomic E-state index is -1.04. The summed E-state index contributed by atoms with van der Waals surface area (Å²) in [4.78, 5) is 18.3. The Balaban J connectivity index is 1.88. The lowest BCUT2D eigenvalue weighted by Gasteiger charge is -2.26. The summed E-state index contributed by atoms with van der Waals surface area (Å²) < 4.78 is 0. The SMILES string of the molecule is O=C(O)c1cnc(CNC2CCC2)cn1. The monoisotopic (exact) mass is 207 g/mol. The number of nitrogens with zero attached hydrogens (tertiary/aromatic N) is 2. The molecule has 2 N–H and O–H groups in total. The van der Waals surface area contributed by atoms with Crippen LogP contribution in [0.4, 0.5) is 0 Å². The molecule has 0 saturated heterocycles. The fourth-order valence-electron chi connectivity index (χ4n) is 1.42. The van der Waals surface area contributed by atoms with Gasteiger partial charge in [0, 0.05) is 12.6 Å². The van der Waals surface area contributed by atoms with Gasteiger partial charge in [-0.15, -0.1) is 0 Å². The highest BCUT2D eigenvalue weighted by Crippen LogP contribution is 2.18. The maximum absolute atomic E-state index is 10.5. The first-order chi connectivity index (χ1) is 7.25. The van der Waals surface area contributed by atoms with Gasteiger partial charge in [0.2, 0.25) is 0 Å². The average Bonchev–Trinajstić information content (AvgIpc) is 2.16. The summed E-state index contributed by atoms with van der Waals surface area (Å²) in [5.74, 6) is -1.04. The minimum Gasteiger partial charge on any atom is -0.476 e. The quantitative estimate of drug-likeness (QED) is 0.764. The van der Waals surface area contributed by atoms with Gasteiger partial charge in [0.05, 0.1) is 18.1 Å². The van der Waals surface area contributed by atoms with Crippen molar-refractivity contribution in [2.75, 3.05) is 0 Å². The van der Waals surface area contributed by atoms with Gasteiger partial charge < -0.3 is 10.4 Å². The molecule has 0 aliphatic heterocycles. The van der Waals surface area contributed by atoms with Gasteiger partial charge in [-0.25, -0.2) is 9.78 Å². The first kappa shape index (κ1) is 10.0. The Kier molecular flexibility index (Phi) is 2.91. The van der Waals surface area contributed by atoms with E-state index < -0.39 is 5.97 Å². The Morgan fingerprint density at radius 3 is 2.73 bits per heavy atom. The number of carboxylic acid groups (broad SMARTS) is 1. The van der Waals surface area contributed by atoms with Crippen molar-refractivity contribution in [3.63, 3.8) is 0 Å². The third-order valence-corrected chi connectivity index (χ3v) is 2.60. The zero-order chi connectivity index (χ0) is 10.7. The molecule has 1 saturated carbocycles. The first-order valence-corrected chi connectivity index (χ1v) is 5.03. The molecule has 0 bridgehead atoms. The Bertz CT molecular complexity index is 346. The van der Waals surface area contributed by atoms with Crippen LogP contribution in [-0.4, -0.2) is 27.1 Å². The summed E-state index contributed by atoms with van der Waals surface area (Å²) in [6.07, 6.45) is 6.54. The molecule has 0 aromatic carbocycles. The van der Waals surface area contributed by atoms with Crippen LogP contribution in [-0.2, 0) is 6.54 Å². The van der Waals surface area contributed by atoms with Gasteiger partial charge in [-0.05, 0) is 12.8 Å². The smallest absolute Gasteiger partial charge is 0.356 e. The van der Waals surface area contributed by atoms with E-state index in [9.17, 15) is 4.79 Å². The molecule has 1 aliphatic rings. The third kappa shape index (κ3) is 2.50. The van der Waals surface area contributed by atoms with Crippen LogP contribution in [0.5, 0.6) is 0 Å². The van der Waals surface area contributed by atoms with Crippen LogP contribution >= 0.6 is 0 Å². The van der Waals surface area contributed by atoms with Crippen molar-refractivity contribution < 1.29 is 9.90 Å². The van der Waals surface area contributed by atoms with Gasteiger partial charge in [-0.3, -0.25) is 4.98 Å². The van der Waals surface area contributed by atoms with Gasteiger partial charge >= 0.3 is 5.97 Å². The molecule has 5 heteroatoms. The molecule has 1 fully saturated rings. The van der Waals surface area contributed by atoms with E-state index >= 15 is 0 Å². The van der Waals surface area contributed by atoms with Gasteiger partial charge in [-0.2, -0.15) is 0 Å². The van der Waals surface area contributed by atoms with Crippen LogP contribution in [0, 0.1) is 0 Å². The highest BCUT2D eigenvalue weighted by atomic mass is 16.4. The number of nitrogens with one attached hydrogen (secondary N) is 1. The summed E-state index contributed by atoms with van der Waals surface area (Å²) in [5.41, 5.74) is 0.772. The molecule has 80 valence electrons. The third-order valence-electron chi connectivity index (χ3n) is 2.60. The van der Waals surface area contributed by atoms with Crippen LogP contribution < -0.4 is 5.32 Å². The average molecular weight is 207 g/mol. The second-order valence-corrected chi connectivity index (χ2v) is 3.71. The summed E-state index contributed by atoms with van der Waals surface area (Å²) in [7, 11) is 0. The van der Waals surface area contributed by atoms with Crippen LogP contribution in [0.2, 0.25) is 0 Å². The minimum absolute atomic E-state index is 0.0117. The van der Waals surface area contributed by atoms with Crippen LogP contribution in [0.15, 0.2) is 12.4 Å². The summed E-state index contributed by atoms with van der Waals surface area (Å²) >= 11 is 0. The van der Waals surface area contributed by atoms with Crippen molar-refractivity contribution in [2.45, 2.75) is 31.8 Å². The van der Waals surface area contributed by atoms with Crippen molar-refractivity contribution in [3.8, 4) is 0 Å². The highest BCUT2D eigenvalue weighted by Gasteiger charge is 2.16. The van der Waals surface area contributed by atoms with Crippen LogP contribution in [0.1, 0.15) is 35.4 Å². The molecule has 0 unspecified atom stereocenters. The van der Waals surface area contributed by atoms with E-state index in [0.29, 0.717) is 12.6 Å². The molecule has 5 nitrogen and oxygen atoms in total. The Morgan fingerprint density at radius 2 is 2.27 bits per heavy atom.